The van der Waals surface area contributed by atoms with Gasteiger partial charge in [0.25, 0.3) is 0 Å². The van der Waals surface area contributed by atoms with Crippen LogP contribution in [0.2, 0.25) is 0 Å². The van der Waals surface area contributed by atoms with Crippen LogP contribution in [0.3, 0.4) is 0 Å². The number of nitrogens with zero attached hydrogens (tertiary/aromatic N) is 3. The number of hydrogen-bond acceptors (Lipinski definition) is 14. The van der Waals surface area contributed by atoms with Crippen molar-refractivity contribution in [2.24, 2.45) is 0 Å². The molecule has 2 rings (SSSR count). The topological polar surface area (TPSA) is 178 Å². The van der Waals surface area contributed by atoms with Crippen molar-refractivity contribution in [3.8, 4) is 0 Å². The Morgan fingerprint density at radius 3 is 1.76 bits per heavy atom. The Balaban J connectivity index is 2.67. The molecular formula is C26H31N3O11S. The molecule has 0 N–H and O–H groups in total. The summed E-state index contributed by atoms with van der Waals surface area (Å²) < 4.78 is 26.5. The highest BCUT2D eigenvalue weighted by Gasteiger charge is 2.46. The zero-order valence-electron chi connectivity index (χ0n) is 23.6. The molecule has 0 aliphatic heterocycles. The van der Waals surface area contributed by atoms with Crippen molar-refractivity contribution >= 4 is 57.9 Å². The maximum atomic E-state index is 12.6. The van der Waals surface area contributed by atoms with Crippen LogP contribution in [0, 0.1) is 6.92 Å². The number of carbonyl (C=O) groups excluding carboxylic acids is 6. The van der Waals surface area contributed by atoms with Crippen LogP contribution in [0.5, 0.6) is 0 Å². The molecule has 14 nitrogen and oxygen atoms in total. The van der Waals surface area contributed by atoms with E-state index in [4.69, 9.17) is 23.7 Å². The fraction of sp³-hybridized carbons (Fsp3) is 0.462. The molecule has 0 saturated carbocycles. The molecule has 0 fully saturated rings. The van der Waals surface area contributed by atoms with E-state index in [2.05, 4.69) is 10.2 Å². The number of amides is 1. The molecule has 2 aromatic rings. The summed E-state index contributed by atoms with van der Waals surface area (Å²) >= 11 is 0.835. The quantitative estimate of drug-likeness (QED) is 0.259. The highest BCUT2D eigenvalue weighted by atomic mass is 32.1. The molecule has 41 heavy (non-hydrogen) atoms. The van der Waals surface area contributed by atoms with Gasteiger partial charge in [0.05, 0.1) is 5.69 Å². The number of hydrogen-bond donors (Lipinski definition) is 0. The molecule has 0 aliphatic rings. The van der Waals surface area contributed by atoms with Crippen LogP contribution < -0.4 is 4.90 Å². The average Bonchev–Trinajstić information content (AvgIpc) is 3.32. The first-order chi connectivity index (χ1) is 19.2. The van der Waals surface area contributed by atoms with Gasteiger partial charge in [-0.3, -0.25) is 33.7 Å². The van der Waals surface area contributed by atoms with Crippen LogP contribution in [-0.2, 0) is 52.5 Å². The molecule has 0 bridgehead atoms. The smallest absolute Gasteiger partial charge is 0.303 e. The molecule has 0 radical (unpaired) electrons. The lowest BCUT2D eigenvalue weighted by atomic mass is 10.0. The SMILES string of the molecule is CC(=O)OCC(OC(C)=O)C(OC(C)=O)C(OC(C)=O)C(OC(C)=O)c1nnc(N(C(C)=O)c2ccc(C)cc2)s1. The maximum absolute atomic E-state index is 12.6. The summed E-state index contributed by atoms with van der Waals surface area (Å²) in [5.41, 5.74) is 1.45. The van der Waals surface area contributed by atoms with Crippen molar-refractivity contribution in [3.05, 3.63) is 34.8 Å². The minimum absolute atomic E-state index is 0.0500. The van der Waals surface area contributed by atoms with Crippen molar-refractivity contribution in [3.63, 3.8) is 0 Å². The molecular weight excluding hydrogens is 562 g/mol. The number of rotatable bonds is 12. The Labute approximate surface area is 239 Å². The molecule has 1 aromatic carbocycles. The largest absolute Gasteiger partial charge is 0.462 e. The van der Waals surface area contributed by atoms with Crippen molar-refractivity contribution in [1.29, 1.82) is 0 Å². The Bertz CT molecular complexity index is 1280. The molecule has 0 spiro atoms. The van der Waals surface area contributed by atoms with E-state index >= 15 is 0 Å². The lowest BCUT2D eigenvalue weighted by Gasteiger charge is -2.34. The summed E-state index contributed by atoms with van der Waals surface area (Å²) in [5, 5.41) is 8.19. The second-order valence-corrected chi connectivity index (χ2v) is 9.73. The van der Waals surface area contributed by atoms with Gasteiger partial charge in [0.1, 0.15) is 6.61 Å². The van der Waals surface area contributed by atoms with Gasteiger partial charge in [-0.1, -0.05) is 29.0 Å². The number of benzene rings is 1. The van der Waals surface area contributed by atoms with Crippen LogP contribution in [0.1, 0.15) is 58.2 Å². The van der Waals surface area contributed by atoms with Crippen LogP contribution in [0.25, 0.3) is 0 Å². The first kappa shape index (κ1) is 32.8. The Kier molecular flexibility index (Phi) is 11.9. The maximum Gasteiger partial charge on any atom is 0.303 e. The lowest BCUT2D eigenvalue weighted by molar-refractivity contribution is -0.203. The predicted octanol–water partition coefficient (Wildman–Crippen LogP) is 2.49. The van der Waals surface area contributed by atoms with Gasteiger partial charge in [0.15, 0.2) is 29.4 Å². The zero-order chi connectivity index (χ0) is 30.9. The second kappa shape index (κ2) is 14.8. The highest BCUT2D eigenvalue weighted by molar-refractivity contribution is 7.15. The molecule has 4 unspecified atom stereocenters. The van der Waals surface area contributed by atoms with E-state index in [1.165, 1.54) is 11.8 Å². The molecule has 1 heterocycles. The van der Waals surface area contributed by atoms with Crippen LogP contribution in [0.15, 0.2) is 24.3 Å². The third-order valence-electron chi connectivity index (χ3n) is 5.13. The first-order valence-corrected chi connectivity index (χ1v) is 13.0. The molecule has 15 heteroatoms. The van der Waals surface area contributed by atoms with E-state index in [-0.39, 0.29) is 10.1 Å². The summed E-state index contributed by atoms with van der Waals surface area (Å²) in [6, 6.07) is 7.01. The van der Waals surface area contributed by atoms with E-state index in [9.17, 15) is 28.8 Å². The minimum atomic E-state index is -1.66. The minimum Gasteiger partial charge on any atom is -0.462 e. The van der Waals surface area contributed by atoms with Crippen LogP contribution in [-0.4, -0.2) is 70.9 Å². The first-order valence-electron chi connectivity index (χ1n) is 12.2. The van der Waals surface area contributed by atoms with Crippen molar-refractivity contribution in [1.82, 2.24) is 10.2 Å². The summed E-state index contributed by atoms with van der Waals surface area (Å²) in [5.74, 6) is -4.57. The summed E-state index contributed by atoms with van der Waals surface area (Å²) in [6.45, 7) is 7.96. The highest BCUT2D eigenvalue weighted by Crippen LogP contribution is 2.36. The van der Waals surface area contributed by atoms with Crippen molar-refractivity contribution in [2.45, 2.75) is 72.9 Å². The number of esters is 5. The molecule has 0 aliphatic carbocycles. The Morgan fingerprint density at radius 2 is 1.27 bits per heavy atom. The van der Waals surface area contributed by atoms with Gasteiger partial charge in [0.2, 0.25) is 11.0 Å². The Hall–Kier alpha value is -4.40. The predicted molar refractivity (Wildman–Crippen MR) is 142 cm³/mol. The third-order valence-corrected chi connectivity index (χ3v) is 6.10. The molecule has 1 amide bonds. The number of anilines is 2. The van der Waals surface area contributed by atoms with E-state index in [0.29, 0.717) is 5.69 Å². The number of carbonyl (C=O) groups is 6. The van der Waals surface area contributed by atoms with Gasteiger partial charge in [-0.15, -0.1) is 10.2 Å². The van der Waals surface area contributed by atoms with Gasteiger partial charge >= 0.3 is 29.8 Å². The van der Waals surface area contributed by atoms with E-state index in [1.54, 1.807) is 24.3 Å². The number of aryl methyl sites for hydroxylation is 1. The Morgan fingerprint density at radius 1 is 0.732 bits per heavy atom. The lowest BCUT2D eigenvalue weighted by Crippen LogP contribution is -2.50. The fourth-order valence-electron chi connectivity index (χ4n) is 3.64. The second-order valence-electron chi connectivity index (χ2n) is 8.74. The van der Waals surface area contributed by atoms with Crippen molar-refractivity contribution in [2.75, 3.05) is 11.5 Å². The molecule has 1 aromatic heterocycles. The van der Waals surface area contributed by atoms with Gasteiger partial charge in [-0.25, -0.2) is 0 Å². The van der Waals surface area contributed by atoms with Gasteiger partial charge in [-0.2, -0.15) is 0 Å². The zero-order valence-corrected chi connectivity index (χ0v) is 24.4. The normalized spacial score (nSPS) is 13.5. The molecule has 222 valence electrons. The molecule has 4 atom stereocenters. The number of ether oxygens (including phenoxy) is 5. The third kappa shape index (κ3) is 9.94. The fourth-order valence-corrected chi connectivity index (χ4v) is 4.61. The summed E-state index contributed by atoms with van der Waals surface area (Å²) in [6.07, 6.45) is -6.35. The van der Waals surface area contributed by atoms with Crippen molar-refractivity contribution < 1.29 is 52.5 Å². The standard InChI is InChI=1S/C26H31N3O11S/c1-13-8-10-20(11-9-13)29(14(2)30)26-28-27-25(41-26)24(40-19(7)35)23(39-18(6)34)22(38-17(5)33)21(37-16(4)32)12-36-15(3)31/h8-11,21-24H,12H2,1-7H3. The van der Waals surface area contributed by atoms with E-state index in [1.807, 2.05) is 6.92 Å². The summed E-state index contributed by atoms with van der Waals surface area (Å²) in [7, 11) is 0. The van der Waals surface area contributed by atoms with Crippen LogP contribution in [0.4, 0.5) is 10.8 Å². The number of aromatic nitrogens is 2. The molecule has 0 saturated heterocycles. The monoisotopic (exact) mass is 593 g/mol. The van der Waals surface area contributed by atoms with Gasteiger partial charge < -0.3 is 23.7 Å². The summed E-state index contributed by atoms with van der Waals surface area (Å²) in [4.78, 5) is 73.8. The van der Waals surface area contributed by atoms with Gasteiger partial charge in [0, 0.05) is 41.5 Å². The van der Waals surface area contributed by atoms with E-state index < -0.39 is 66.8 Å². The average molecular weight is 594 g/mol. The van der Waals surface area contributed by atoms with E-state index in [0.717, 1.165) is 51.5 Å². The van der Waals surface area contributed by atoms with Gasteiger partial charge in [-0.05, 0) is 19.1 Å². The van der Waals surface area contributed by atoms with Crippen LogP contribution >= 0.6 is 11.3 Å².